The van der Waals surface area contributed by atoms with Gasteiger partial charge in [-0.15, -0.1) is 0 Å². The average Bonchev–Trinajstić information content (AvgIpc) is 2.53. The number of carboxylic acid groups (broad SMARTS) is 1. The minimum Gasteiger partial charge on any atom is -0.478 e. The monoisotopic (exact) mass is 327 g/mol. The van der Waals surface area contributed by atoms with E-state index in [1.807, 2.05) is 0 Å². The van der Waals surface area contributed by atoms with E-state index in [-0.39, 0.29) is 27.3 Å². The molecule has 2 aromatic carbocycles. The summed E-state index contributed by atoms with van der Waals surface area (Å²) < 4.78 is 27.0. The third-order valence-electron chi connectivity index (χ3n) is 2.91. The van der Waals surface area contributed by atoms with Gasteiger partial charge in [0.1, 0.15) is 17.0 Å². The summed E-state index contributed by atoms with van der Waals surface area (Å²) in [5.74, 6) is -1.20. The van der Waals surface area contributed by atoms with Crippen molar-refractivity contribution in [3.8, 4) is 12.1 Å². The third-order valence-corrected chi connectivity index (χ3v) is 4.33. The Morgan fingerprint density at radius 1 is 1.09 bits per heavy atom. The smallest absolute Gasteiger partial charge is 0.335 e. The second-order valence-corrected chi connectivity index (χ2v) is 6.04. The van der Waals surface area contributed by atoms with Crippen LogP contribution in [-0.4, -0.2) is 19.5 Å². The van der Waals surface area contributed by atoms with Crippen LogP contribution in [0.25, 0.3) is 0 Å². The lowest BCUT2D eigenvalue weighted by atomic mass is 10.1. The summed E-state index contributed by atoms with van der Waals surface area (Å²) in [6, 6.07) is 12.6. The van der Waals surface area contributed by atoms with Crippen LogP contribution in [0.1, 0.15) is 21.5 Å². The maximum atomic E-state index is 12.4. The highest BCUT2D eigenvalue weighted by Crippen LogP contribution is 2.22. The Morgan fingerprint density at radius 3 is 2.39 bits per heavy atom. The number of sulfonamides is 1. The van der Waals surface area contributed by atoms with Crippen molar-refractivity contribution in [2.24, 2.45) is 0 Å². The summed E-state index contributed by atoms with van der Waals surface area (Å²) in [5, 5.41) is 27.0. The van der Waals surface area contributed by atoms with Crippen molar-refractivity contribution < 1.29 is 18.3 Å². The van der Waals surface area contributed by atoms with Crippen molar-refractivity contribution in [2.45, 2.75) is 4.90 Å². The average molecular weight is 327 g/mol. The molecule has 0 fully saturated rings. The van der Waals surface area contributed by atoms with Gasteiger partial charge in [-0.1, -0.05) is 12.1 Å². The molecular weight excluding hydrogens is 318 g/mol. The molecule has 0 aromatic heterocycles. The first-order chi connectivity index (χ1) is 10.9. The largest absolute Gasteiger partial charge is 0.478 e. The van der Waals surface area contributed by atoms with Crippen LogP contribution in [0.15, 0.2) is 47.4 Å². The minimum absolute atomic E-state index is 0.0381. The van der Waals surface area contributed by atoms with Crippen molar-refractivity contribution in [2.75, 3.05) is 4.72 Å². The van der Waals surface area contributed by atoms with Gasteiger partial charge in [-0.25, -0.2) is 13.2 Å². The van der Waals surface area contributed by atoms with Crippen LogP contribution in [0.5, 0.6) is 0 Å². The highest BCUT2D eigenvalue weighted by Gasteiger charge is 2.21. The Balaban J connectivity index is 2.49. The molecule has 0 aliphatic heterocycles. The molecule has 8 heteroatoms. The molecule has 0 radical (unpaired) electrons. The zero-order valence-electron chi connectivity index (χ0n) is 11.5. The summed E-state index contributed by atoms with van der Waals surface area (Å²) in [6.45, 7) is 0. The molecule has 0 atom stereocenters. The van der Waals surface area contributed by atoms with Crippen LogP contribution in [-0.2, 0) is 10.0 Å². The summed E-state index contributed by atoms with van der Waals surface area (Å²) in [7, 11) is -4.15. The van der Waals surface area contributed by atoms with E-state index in [2.05, 4.69) is 4.72 Å². The molecule has 0 unspecified atom stereocenters. The van der Waals surface area contributed by atoms with Crippen molar-refractivity contribution >= 4 is 21.7 Å². The van der Waals surface area contributed by atoms with Gasteiger partial charge in [0.25, 0.3) is 10.0 Å². The van der Waals surface area contributed by atoms with E-state index in [4.69, 9.17) is 15.6 Å². The molecule has 0 spiro atoms. The van der Waals surface area contributed by atoms with Crippen LogP contribution in [0.3, 0.4) is 0 Å². The van der Waals surface area contributed by atoms with E-state index >= 15 is 0 Å². The van der Waals surface area contributed by atoms with E-state index in [0.717, 1.165) is 6.07 Å². The lowest BCUT2D eigenvalue weighted by molar-refractivity contribution is 0.0697. The Hall–Kier alpha value is -3.36. The lowest BCUT2D eigenvalue weighted by Gasteiger charge is -2.10. The van der Waals surface area contributed by atoms with Gasteiger partial charge in [0.15, 0.2) is 0 Å². The molecule has 0 aliphatic carbocycles. The Labute approximate surface area is 132 Å². The standard InChI is InChI=1S/C15H9N3O4S/c16-8-11-4-2-6-14(13(11)9-17)23(21,22)18-12-5-1-3-10(7-12)15(19)20/h1-7,18H,(H,19,20). The summed E-state index contributed by atoms with van der Waals surface area (Å²) in [6.07, 6.45) is 0. The van der Waals surface area contributed by atoms with Crippen LogP contribution in [0, 0.1) is 22.7 Å². The quantitative estimate of drug-likeness (QED) is 0.882. The number of nitrogens with zero attached hydrogens (tertiary/aromatic N) is 2. The highest BCUT2D eigenvalue weighted by atomic mass is 32.2. The van der Waals surface area contributed by atoms with Crippen molar-refractivity contribution in [1.82, 2.24) is 0 Å². The van der Waals surface area contributed by atoms with Crippen LogP contribution in [0.4, 0.5) is 5.69 Å². The third kappa shape index (κ3) is 3.28. The number of aromatic carboxylic acids is 1. The predicted molar refractivity (Wildman–Crippen MR) is 80.1 cm³/mol. The fraction of sp³-hybridized carbons (Fsp3) is 0. The number of anilines is 1. The molecule has 2 N–H and O–H groups in total. The number of benzene rings is 2. The lowest BCUT2D eigenvalue weighted by Crippen LogP contribution is -2.15. The molecule has 0 heterocycles. The molecule has 114 valence electrons. The maximum Gasteiger partial charge on any atom is 0.335 e. The zero-order chi connectivity index (χ0) is 17.0. The Kier molecular flexibility index (Phi) is 4.30. The SMILES string of the molecule is N#Cc1cccc(S(=O)(=O)Nc2cccc(C(=O)O)c2)c1C#N. The van der Waals surface area contributed by atoms with Gasteiger partial charge in [-0.3, -0.25) is 4.72 Å². The predicted octanol–water partition coefficient (Wildman–Crippen LogP) is 1.93. The second kappa shape index (κ2) is 6.18. The first-order valence-corrected chi connectivity index (χ1v) is 7.67. The van der Waals surface area contributed by atoms with Crippen LogP contribution >= 0.6 is 0 Å². The topological polar surface area (TPSA) is 131 Å². The maximum absolute atomic E-state index is 12.4. The zero-order valence-corrected chi connectivity index (χ0v) is 12.3. The van der Waals surface area contributed by atoms with Gasteiger partial charge in [-0.05, 0) is 30.3 Å². The van der Waals surface area contributed by atoms with Crippen molar-refractivity contribution in [3.63, 3.8) is 0 Å². The van der Waals surface area contributed by atoms with E-state index in [1.54, 1.807) is 12.1 Å². The molecule has 2 aromatic rings. The Morgan fingerprint density at radius 2 is 1.78 bits per heavy atom. The van der Waals surface area contributed by atoms with Gasteiger partial charge in [0, 0.05) is 5.69 Å². The summed E-state index contributed by atoms with van der Waals surface area (Å²) in [4.78, 5) is 10.6. The van der Waals surface area contributed by atoms with E-state index in [9.17, 15) is 13.2 Å². The fourth-order valence-electron chi connectivity index (χ4n) is 1.89. The fourth-order valence-corrected chi connectivity index (χ4v) is 3.12. The van der Waals surface area contributed by atoms with E-state index in [1.165, 1.54) is 36.4 Å². The van der Waals surface area contributed by atoms with Crippen molar-refractivity contribution in [1.29, 1.82) is 10.5 Å². The molecule has 0 saturated carbocycles. The molecule has 0 bridgehead atoms. The van der Waals surface area contributed by atoms with Gasteiger partial charge in [0.2, 0.25) is 0 Å². The number of nitriles is 2. The molecule has 2 rings (SSSR count). The normalized spacial score (nSPS) is 10.3. The first kappa shape index (κ1) is 16.0. The minimum atomic E-state index is -4.15. The van der Waals surface area contributed by atoms with Crippen LogP contribution in [0.2, 0.25) is 0 Å². The number of hydrogen-bond acceptors (Lipinski definition) is 5. The van der Waals surface area contributed by atoms with Crippen LogP contribution < -0.4 is 4.72 Å². The highest BCUT2D eigenvalue weighted by molar-refractivity contribution is 7.92. The number of nitrogens with one attached hydrogen (secondary N) is 1. The molecule has 0 amide bonds. The molecule has 7 nitrogen and oxygen atoms in total. The first-order valence-electron chi connectivity index (χ1n) is 6.18. The number of hydrogen-bond donors (Lipinski definition) is 2. The van der Waals surface area contributed by atoms with Gasteiger partial charge < -0.3 is 5.11 Å². The van der Waals surface area contributed by atoms with Crippen molar-refractivity contribution in [3.05, 3.63) is 59.2 Å². The summed E-state index contributed by atoms with van der Waals surface area (Å²) in [5.41, 5.74) is -0.376. The molecule has 23 heavy (non-hydrogen) atoms. The number of carbonyl (C=O) groups is 1. The second-order valence-electron chi connectivity index (χ2n) is 4.39. The molecule has 0 saturated heterocycles. The van der Waals surface area contributed by atoms with E-state index < -0.39 is 16.0 Å². The Bertz CT molecular complexity index is 969. The summed E-state index contributed by atoms with van der Waals surface area (Å²) >= 11 is 0. The van der Waals surface area contributed by atoms with Gasteiger partial charge in [-0.2, -0.15) is 10.5 Å². The van der Waals surface area contributed by atoms with Gasteiger partial charge in [0.05, 0.1) is 16.7 Å². The van der Waals surface area contributed by atoms with Gasteiger partial charge >= 0.3 is 5.97 Å². The molecular formula is C15H9N3O4S. The number of carboxylic acids is 1. The number of rotatable bonds is 4. The van der Waals surface area contributed by atoms with E-state index in [0.29, 0.717) is 0 Å². The molecule has 0 aliphatic rings.